The molecule has 4 unspecified atom stereocenters. The van der Waals surface area contributed by atoms with Crippen LogP contribution in [-0.4, -0.2) is 53.9 Å². The van der Waals surface area contributed by atoms with Gasteiger partial charge in [0.1, 0.15) is 6.33 Å². The molecule has 0 radical (unpaired) electrons. The van der Waals surface area contributed by atoms with E-state index in [2.05, 4.69) is 30.3 Å². The van der Waals surface area contributed by atoms with Crippen LogP contribution in [0.1, 0.15) is 12.5 Å². The van der Waals surface area contributed by atoms with Crippen LogP contribution in [0.15, 0.2) is 11.4 Å². The lowest BCUT2D eigenvalue weighted by Gasteiger charge is -2.17. The molecule has 2 aromatic rings. The summed E-state index contributed by atoms with van der Waals surface area (Å²) in [6.07, 6.45) is 0.730. The van der Waals surface area contributed by atoms with Gasteiger partial charge in [-0.3, -0.25) is 0 Å². The van der Waals surface area contributed by atoms with Crippen molar-refractivity contribution in [1.29, 1.82) is 0 Å². The molecular formula is C10H13N9O2. The number of hydrogen-bond donors (Lipinski definition) is 3. The number of hydrogen-bond acceptors (Lipinski definition) is 8. The minimum Gasteiger partial charge on any atom is -0.396 e. The van der Waals surface area contributed by atoms with Crippen LogP contribution in [-0.2, 0) is 0 Å². The van der Waals surface area contributed by atoms with Gasteiger partial charge in [-0.2, -0.15) is 0 Å². The molecule has 11 nitrogen and oxygen atoms in total. The van der Waals surface area contributed by atoms with Crippen molar-refractivity contribution in [3.05, 3.63) is 16.8 Å². The van der Waals surface area contributed by atoms with Gasteiger partial charge in [-0.25, -0.2) is 14.6 Å². The maximum atomic E-state index is 10.1. The average molecular weight is 291 g/mol. The predicted octanol–water partition coefficient (Wildman–Crippen LogP) is -0.603. The van der Waals surface area contributed by atoms with Gasteiger partial charge >= 0.3 is 0 Å². The summed E-state index contributed by atoms with van der Waals surface area (Å²) in [6.45, 7) is -0.209. The molecule has 4 atom stereocenters. The largest absolute Gasteiger partial charge is 0.396 e. The topological polar surface area (TPSA) is 172 Å². The SMILES string of the molecule is [N-]=[N+]=NC1C(O)C(CO)CC1n1nnc2c(N)ncnc21. The van der Waals surface area contributed by atoms with Crippen LogP contribution in [0.5, 0.6) is 0 Å². The zero-order valence-corrected chi connectivity index (χ0v) is 10.9. The quantitative estimate of drug-likeness (QED) is 0.384. The molecule has 0 aromatic carbocycles. The molecular weight excluding hydrogens is 278 g/mol. The van der Waals surface area contributed by atoms with Gasteiger partial charge in [0.25, 0.3) is 0 Å². The molecule has 1 fully saturated rings. The van der Waals surface area contributed by atoms with Crippen LogP contribution < -0.4 is 5.73 Å². The van der Waals surface area contributed by atoms with E-state index in [4.69, 9.17) is 11.3 Å². The predicted molar refractivity (Wildman–Crippen MR) is 70.7 cm³/mol. The molecule has 0 amide bonds. The summed E-state index contributed by atoms with van der Waals surface area (Å²) in [7, 11) is 0. The van der Waals surface area contributed by atoms with Crippen LogP contribution in [0.2, 0.25) is 0 Å². The number of nitrogens with zero attached hydrogens (tertiary/aromatic N) is 8. The zero-order valence-electron chi connectivity index (χ0n) is 10.9. The fraction of sp³-hybridized carbons (Fsp3) is 0.600. The minimum absolute atomic E-state index is 0.198. The number of aliphatic hydroxyl groups is 2. The lowest BCUT2D eigenvalue weighted by Crippen LogP contribution is -2.29. The van der Waals surface area contributed by atoms with Gasteiger partial charge < -0.3 is 15.9 Å². The van der Waals surface area contributed by atoms with E-state index in [1.165, 1.54) is 11.0 Å². The standard InChI is InChI=1S/C10H13N9O2/c11-9-7-10(14-3-13-9)19(18-16-7)5-1-4(2-20)8(21)6(5)15-17-12/h3-6,8,20-21H,1-2H2,(H2,11,13,14). The number of anilines is 1. The third-order valence-corrected chi connectivity index (χ3v) is 3.79. The number of aromatic nitrogens is 5. The van der Waals surface area contributed by atoms with Gasteiger partial charge in [-0.1, -0.05) is 10.3 Å². The summed E-state index contributed by atoms with van der Waals surface area (Å²) in [5.74, 6) is -0.201. The van der Waals surface area contributed by atoms with E-state index in [0.717, 1.165) is 0 Å². The molecule has 1 saturated carbocycles. The second-order valence-corrected chi connectivity index (χ2v) is 4.90. The molecule has 3 rings (SSSR count). The Morgan fingerprint density at radius 2 is 2.33 bits per heavy atom. The van der Waals surface area contributed by atoms with Gasteiger partial charge in [-0.05, 0) is 12.0 Å². The first kappa shape index (κ1) is 13.5. The maximum Gasteiger partial charge on any atom is 0.184 e. The van der Waals surface area contributed by atoms with Crippen molar-refractivity contribution >= 4 is 17.0 Å². The summed E-state index contributed by atoms with van der Waals surface area (Å²) in [6, 6.07) is -1.21. The van der Waals surface area contributed by atoms with Gasteiger partial charge in [0.15, 0.2) is 17.0 Å². The van der Waals surface area contributed by atoms with Crippen LogP contribution in [0.25, 0.3) is 21.6 Å². The van der Waals surface area contributed by atoms with Crippen LogP contribution in [0, 0.1) is 5.92 Å². The summed E-state index contributed by atoms with van der Waals surface area (Å²) >= 11 is 0. The van der Waals surface area contributed by atoms with Crippen molar-refractivity contribution in [1.82, 2.24) is 25.0 Å². The fourth-order valence-electron chi connectivity index (χ4n) is 2.73. The van der Waals surface area contributed by atoms with Crippen LogP contribution in [0.4, 0.5) is 5.82 Å². The molecule has 0 spiro atoms. The molecule has 2 aromatic heterocycles. The Bertz CT molecular complexity index is 710. The fourth-order valence-corrected chi connectivity index (χ4v) is 2.73. The molecule has 4 N–H and O–H groups in total. The normalized spacial score (nSPS) is 28.7. The molecule has 0 aliphatic heterocycles. The highest BCUT2D eigenvalue weighted by Gasteiger charge is 2.44. The highest BCUT2D eigenvalue weighted by Crippen LogP contribution is 2.38. The van der Waals surface area contributed by atoms with E-state index in [0.29, 0.717) is 17.6 Å². The second-order valence-electron chi connectivity index (χ2n) is 4.90. The summed E-state index contributed by atoms with van der Waals surface area (Å²) in [5.41, 5.74) is 15.1. The Balaban J connectivity index is 2.08. The van der Waals surface area contributed by atoms with Crippen molar-refractivity contribution < 1.29 is 10.2 Å². The second kappa shape index (κ2) is 5.13. The first-order valence-electron chi connectivity index (χ1n) is 6.32. The molecule has 0 bridgehead atoms. The van der Waals surface area contributed by atoms with Crippen molar-refractivity contribution in [3.8, 4) is 0 Å². The lowest BCUT2D eigenvalue weighted by atomic mass is 10.1. The molecule has 0 saturated heterocycles. The molecule has 21 heavy (non-hydrogen) atoms. The van der Waals surface area contributed by atoms with E-state index in [1.54, 1.807) is 0 Å². The zero-order chi connectivity index (χ0) is 15.0. The van der Waals surface area contributed by atoms with E-state index in [9.17, 15) is 10.2 Å². The van der Waals surface area contributed by atoms with Crippen molar-refractivity contribution in [3.63, 3.8) is 0 Å². The molecule has 11 heteroatoms. The molecule has 110 valence electrons. The Morgan fingerprint density at radius 3 is 3.05 bits per heavy atom. The minimum atomic E-state index is -0.950. The van der Waals surface area contributed by atoms with Gasteiger partial charge in [-0.15, -0.1) is 5.10 Å². The third kappa shape index (κ3) is 2.03. The monoisotopic (exact) mass is 291 g/mol. The van der Waals surface area contributed by atoms with E-state index < -0.39 is 24.1 Å². The van der Waals surface area contributed by atoms with E-state index in [1.807, 2.05) is 0 Å². The van der Waals surface area contributed by atoms with Gasteiger partial charge in [0.2, 0.25) is 0 Å². The van der Waals surface area contributed by atoms with E-state index >= 15 is 0 Å². The smallest absolute Gasteiger partial charge is 0.184 e. The van der Waals surface area contributed by atoms with Crippen molar-refractivity contribution in [2.45, 2.75) is 24.6 Å². The number of rotatable bonds is 3. The van der Waals surface area contributed by atoms with Gasteiger partial charge in [0, 0.05) is 17.4 Å². The van der Waals surface area contributed by atoms with Crippen molar-refractivity contribution in [2.24, 2.45) is 11.0 Å². The Morgan fingerprint density at radius 1 is 1.52 bits per heavy atom. The Hall–Kier alpha value is -2.49. The number of fused-ring (bicyclic) bond motifs is 1. The Labute approximate surface area is 118 Å². The average Bonchev–Trinajstić information content (AvgIpc) is 3.03. The third-order valence-electron chi connectivity index (χ3n) is 3.79. The summed E-state index contributed by atoms with van der Waals surface area (Å²) in [4.78, 5) is 10.7. The molecule has 1 aliphatic rings. The number of azide groups is 1. The number of nitrogen functional groups attached to an aromatic ring is 1. The number of aliphatic hydroxyl groups excluding tert-OH is 2. The van der Waals surface area contributed by atoms with Gasteiger partial charge in [0.05, 0.1) is 18.2 Å². The molecule has 2 heterocycles. The highest BCUT2D eigenvalue weighted by atomic mass is 16.3. The first-order chi connectivity index (χ1) is 10.2. The highest BCUT2D eigenvalue weighted by molar-refractivity contribution is 5.80. The summed E-state index contributed by atoms with van der Waals surface area (Å²) in [5, 5.41) is 31.0. The van der Waals surface area contributed by atoms with Crippen LogP contribution >= 0.6 is 0 Å². The first-order valence-corrected chi connectivity index (χ1v) is 6.32. The number of nitrogens with two attached hydrogens (primary N) is 1. The Kier molecular flexibility index (Phi) is 3.29. The van der Waals surface area contributed by atoms with Crippen molar-refractivity contribution in [2.75, 3.05) is 12.3 Å². The van der Waals surface area contributed by atoms with E-state index in [-0.39, 0.29) is 12.4 Å². The maximum absolute atomic E-state index is 10.1. The van der Waals surface area contributed by atoms with Crippen LogP contribution in [0.3, 0.4) is 0 Å². The summed E-state index contributed by atoms with van der Waals surface area (Å²) < 4.78 is 1.46. The lowest BCUT2D eigenvalue weighted by molar-refractivity contribution is 0.0800. The molecule has 1 aliphatic carbocycles.